The molecule has 94 valence electrons. The number of hydrogen-bond acceptors (Lipinski definition) is 1. The lowest BCUT2D eigenvalue weighted by Gasteiger charge is -2.31. The lowest BCUT2D eigenvalue weighted by molar-refractivity contribution is -0.176. The number of halogens is 3. The van der Waals surface area contributed by atoms with Crippen molar-refractivity contribution in [2.45, 2.75) is 58.2 Å². The fourth-order valence-corrected chi connectivity index (χ4v) is 2.36. The highest BCUT2D eigenvalue weighted by Crippen LogP contribution is 2.35. The van der Waals surface area contributed by atoms with Gasteiger partial charge in [0.2, 0.25) is 0 Å². The molecule has 4 heteroatoms. The number of allylic oxidation sites excluding steroid dienone is 2. The van der Waals surface area contributed by atoms with E-state index in [1.54, 1.807) is 7.05 Å². The topological polar surface area (TPSA) is 3.24 Å². The van der Waals surface area contributed by atoms with Crippen LogP contribution in [0.3, 0.4) is 0 Å². The minimum atomic E-state index is -4.11. The zero-order valence-corrected chi connectivity index (χ0v) is 10.2. The highest BCUT2D eigenvalue weighted by Gasteiger charge is 2.43. The molecule has 1 heterocycles. The van der Waals surface area contributed by atoms with Gasteiger partial charge in [-0.2, -0.15) is 13.2 Å². The molecule has 0 N–H and O–H groups in total. The maximum atomic E-state index is 12.8. The molecule has 1 nitrogen and oxygen atoms in total. The highest BCUT2D eigenvalue weighted by molar-refractivity contribution is 5.14. The Hall–Kier alpha value is -0.670. The van der Waals surface area contributed by atoms with Gasteiger partial charge in [-0.25, -0.2) is 0 Å². The first-order valence-corrected chi connectivity index (χ1v) is 5.86. The molecule has 1 unspecified atom stereocenters. The van der Waals surface area contributed by atoms with Crippen molar-refractivity contribution in [1.82, 2.24) is 4.90 Å². The summed E-state index contributed by atoms with van der Waals surface area (Å²) >= 11 is 0. The molecule has 0 bridgehead atoms. The van der Waals surface area contributed by atoms with Crippen LogP contribution in [-0.4, -0.2) is 24.2 Å². The minimum Gasteiger partial charge on any atom is -0.367 e. The van der Waals surface area contributed by atoms with Crippen LogP contribution in [0.15, 0.2) is 11.3 Å². The fraction of sp³-hybridized carbons (Fsp3) is 0.833. The Morgan fingerprint density at radius 1 is 1.38 bits per heavy atom. The summed E-state index contributed by atoms with van der Waals surface area (Å²) in [6, 6.07) is -1.30. The maximum absolute atomic E-state index is 12.8. The van der Waals surface area contributed by atoms with Gasteiger partial charge in [-0.1, -0.05) is 18.9 Å². The first-order chi connectivity index (χ1) is 7.38. The summed E-state index contributed by atoms with van der Waals surface area (Å²) in [6.45, 7) is 3.88. The lowest BCUT2D eigenvalue weighted by Crippen LogP contribution is -2.42. The molecule has 0 amide bonds. The minimum absolute atomic E-state index is 0.213. The summed E-state index contributed by atoms with van der Waals surface area (Å²) in [7, 11) is 1.56. The Morgan fingerprint density at radius 3 is 2.50 bits per heavy atom. The lowest BCUT2D eigenvalue weighted by atomic mass is 10.0. The third-order valence-electron chi connectivity index (χ3n) is 3.39. The molecule has 1 atom stereocenters. The number of rotatable bonds is 2. The van der Waals surface area contributed by atoms with Crippen molar-refractivity contribution in [3.05, 3.63) is 11.3 Å². The molecular weight excluding hydrogens is 215 g/mol. The van der Waals surface area contributed by atoms with Crippen molar-refractivity contribution < 1.29 is 13.2 Å². The van der Waals surface area contributed by atoms with Crippen LogP contribution in [0.1, 0.15) is 46.0 Å². The zero-order valence-electron chi connectivity index (χ0n) is 10.2. The molecule has 0 aromatic rings. The van der Waals surface area contributed by atoms with Gasteiger partial charge in [0.25, 0.3) is 0 Å². The van der Waals surface area contributed by atoms with Crippen LogP contribution >= 0.6 is 0 Å². The number of alkyl halides is 3. The van der Waals surface area contributed by atoms with Gasteiger partial charge in [0.1, 0.15) is 6.04 Å². The van der Waals surface area contributed by atoms with Gasteiger partial charge in [-0.3, -0.25) is 0 Å². The van der Waals surface area contributed by atoms with Crippen molar-refractivity contribution in [2.24, 2.45) is 0 Å². The Labute approximate surface area is 95.3 Å². The fourth-order valence-electron chi connectivity index (χ4n) is 2.36. The molecule has 1 aliphatic rings. The van der Waals surface area contributed by atoms with Gasteiger partial charge < -0.3 is 4.90 Å². The van der Waals surface area contributed by atoms with E-state index in [1.165, 1.54) is 10.5 Å². The maximum Gasteiger partial charge on any atom is 0.408 e. The molecule has 1 rings (SSSR count). The Balaban J connectivity index is 2.91. The molecule has 0 fully saturated rings. The second-order valence-electron chi connectivity index (χ2n) is 4.50. The standard InChI is InChI=1S/C12H20F3N/c1-4-6-10-7-5-8-11(12(13,14)15)16(3)9(10)2/h11H,4-8H2,1-3H3. The van der Waals surface area contributed by atoms with Crippen molar-refractivity contribution in [1.29, 1.82) is 0 Å². The van der Waals surface area contributed by atoms with Crippen LogP contribution < -0.4 is 0 Å². The van der Waals surface area contributed by atoms with E-state index in [4.69, 9.17) is 0 Å². The average molecular weight is 235 g/mol. The van der Waals surface area contributed by atoms with Gasteiger partial charge in [0.15, 0.2) is 0 Å². The van der Waals surface area contributed by atoms with E-state index >= 15 is 0 Å². The molecular formula is C12H20F3N. The molecule has 0 radical (unpaired) electrons. The summed E-state index contributed by atoms with van der Waals surface area (Å²) in [5.74, 6) is 0. The predicted molar refractivity (Wildman–Crippen MR) is 59.1 cm³/mol. The zero-order chi connectivity index (χ0) is 12.3. The van der Waals surface area contributed by atoms with Crippen molar-refractivity contribution in [2.75, 3.05) is 7.05 Å². The average Bonchev–Trinajstić information content (AvgIpc) is 2.30. The van der Waals surface area contributed by atoms with Crippen LogP contribution in [-0.2, 0) is 0 Å². The molecule has 0 aliphatic carbocycles. The second kappa shape index (κ2) is 5.11. The van der Waals surface area contributed by atoms with E-state index in [-0.39, 0.29) is 6.42 Å². The molecule has 0 spiro atoms. The molecule has 16 heavy (non-hydrogen) atoms. The molecule has 0 aromatic heterocycles. The molecule has 1 aliphatic heterocycles. The van der Waals surface area contributed by atoms with E-state index in [0.29, 0.717) is 6.42 Å². The Bertz CT molecular complexity index is 268. The summed E-state index contributed by atoms with van der Waals surface area (Å²) in [5.41, 5.74) is 2.01. The van der Waals surface area contributed by atoms with Gasteiger partial charge >= 0.3 is 6.18 Å². The van der Waals surface area contributed by atoms with Crippen LogP contribution in [0.25, 0.3) is 0 Å². The van der Waals surface area contributed by atoms with Gasteiger partial charge in [-0.15, -0.1) is 0 Å². The number of hydrogen-bond donors (Lipinski definition) is 0. The van der Waals surface area contributed by atoms with Crippen LogP contribution in [0.4, 0.5) is 13.2 Å². The van der Waals surface area contributed by atoms with Crippen LogP contribution in [0.2, 0.25) is 0 Å². The normalized spacial score (nSPS) is 23.6. The Kier molecular flexibility index (Phi) is 4.28. The van der Waals surface area contributed by atoms with E-state index in [2.05, 4.69) is 6.92 Å². The smallest absolute Gasteiger partial charge is 0.367 e. The SMILES string of the molecule is CCCC1=C(C)N(C)C(C(F)(F)F)CCC1. The van der Waals surface area contributed by atoms with Crippen molar-refractivity contribution in [3.63, 3.8) is 0 Å². The van der Waals surface area contributed by atoms with Gasteiger partial charge in [0.05, 0.1) is 0 Å². The summed E-state index contributed by atoms with van der Waals surface area (Å²) in [5, 5.41) is 0. The summed E-state index contributed by atoms with van der Waals surface area (Å²) < 4.78 is 38.4. The van der Waals surface area contributed by atoms with Crippen molar-refractivity contribution in [3.8, 4) is 0 Å². The van der Waals surface area contributed by atoms with Crippen LogP contribution in [0, 0.1) is 0 Å². The highest BCUT2D eigenvalue weighted by atomic mass is 19.4. The first kappa shape index (κ1) is 13.4. The molecule has 0 aromatic carbocycles. The van der Waals surface area contributed by atoms with E-state index in [1.807, 2.05) is 6.92 Å². The van der Waals surface area contributed by atoms with Gasteiger partial charge in [0, 0.05) is 12.7 Å². The molecule has 0 saturated heterocycles. The number of nitrogens with zero attached hydrogens (tertiary/aromatic N) is 1. The van der Waals surface area contributed by atoms with E-state index in [9.17, 15) is 13.2 Å². The Morgan fingerprint density at radius 2 is 2.00 bits per heavy atom. The summed E-state index contributed by atoms with van der Waals surface area (Å²) in [4.78, 5) is 1.41. The van der Waals surface area contributed by atoms with Crippen molar-refractivity contribution >= 4 is 0 Å². The largest absolute Gasteiger partial charge is 0.408 e. The van der Waals surface area contributed by atoms with E-state index < -0.39 is 12.2 Å². The quantitative estimate of drug-likeness (QED) is 0.696. The predicted octanol–water partition coefficient (Wildman–Crippen LogP) is 4.11. The van der Waals surface area contributed by atoms with Gasteiger partial charge in [-0.05, 0) is 32.6 Å². The monoisotopic (exact) mass is 235 g/mol. The third-order valence-corrected chi connectivity index (χ3v) is 3.39. The van der Waals surface area contributed by atoms with E-state index in [0.717, 1.165) is 25.0 Å². The second-order valence-corrected chi connectivity index (χ2v) is 4.50. The summed E-state index contributed by atoms with van der Waals surface area (Å²) in [6.07, 6.45) is -0.530. The molecule has 0 saturated carbocycles. The van der Waals surface area contributed by atoms with Crippen LogP contribution in [0.5, 0.6) is 0 Å². The third kappa shape index (κ3) is 2.92. The first-order valence-electron chi connectivity index (χ1n) is 5.86.